The van der Waals surface area contributed by atoms with E-state index in [2.05, 4.69) is 17.6 Å². The van der Waals surface area contributed by atoms with Crippen molar-refractivity contribution in [3.8, 4) is 0 Å². The molecular formula is C18H28N2O. The van der Waals surface area contributed by atoms with Gasteiger partial charge in [-0.3, -0.25) is 4.79 Å². The summed E-state index contributed by atoms with van der Waals surface area (Å²) in [5, 5.41) is 6.19. The molecule has 116 valence electrons. The first-order chi connectivity index (χ1) is 10.1. The third-order valence-electron chi connectivity index (χ3n) is 4.45. The van der Waals surface area contributed by atoms with E-state index < -0.39 is 0 Å². The van der Waals surface area contributed by atoms with Gasteiger partial charge in [0.05, 0.1) is 6.54 Å². The van der Waals surface area contributed by atoms with E-state index in [0.717, 1.165) is 29.6 Å². The van der Waals surface area contributed by atoms with Crippen LogP contribution < -0.4 is 10.6 Å². The molecule has 0 spiro atoms. The monoisotopic (exact) mass is 288 g/mol. The van der Waals surface area contributed by atoms with E-state index in [1.54, 1.807) is 0 Å². The van der Waals surface area contributed by atoms with Crippen LogP contribution >= 0.6 is 0 Å². The quantitative estimate of drug-likeness (QED) is 0.783. The van der Waals surface area contributed by atoms with Gasteiger partial charge >= 0.3 is 0 Å². The van der Waals surface area contributed by atoms with Crippen LogP contribution in [0, 0.1) is 18.8 Å². The summed E-state index contributed by atoms with van der Waals surface area (Å²) in [5.74, 6) is 1.81. The predicted octanol–water partition coefficient (Wildman–Crippen LogP) is 3.74. The zero-order chi connectivity index (χ0) is 15.1. The maximum absolute atomic E-state index is 11.8. The number of rotatable bonds is 6. The first-order valence-electron chi connectivity index (χ1n) is 8.20. The lowest BCUT2D eigenvalue weighted by Gasteiger charge is -2.26. The summed E-state index contributed by atoms with van der Waals surface area (Å²) in [6.45, 7) is 5.72. The number of aryl methyl sites for hydroxylation is 1. The van der Waals surface area contributed by atoms with E-state index in [4.69, 9.17) is 0 Å². The minimum absolute atomic E-state index is 0.0397. The highest BCUT2D eigenvalue weighted by molar-refractivity contribution is 5.92. The van der Waals surface area contributed by atoms with Crippen LogP contribution in [0.15, 0.2) is 24.3 Å². The number of hydrogen-bond donors (Lipinski definition) is 2. The number of carbonyl (C=O) groups is 1. The molecule has 0 atom stereocenters. The highest BCUT2D eigenvalue weighted by Crippen LogP contribution is 2.29. The third-order valence-corrected chi connectivity index (χ3v) is 4.45. The molecule has 1 aliphatic rings. The van der Waals surface area contributed by atoms with Gasteiger partial charge in [-0.1, -0.05) is 44.7 Å². The number of hydrogen-bond acceptors (Lipinski definition) is 2. The Bertz CT molecular complexity index is 450. The molecule has 2 N–H and O–H groups in total. The van der Waals surface area contributed by atoms with E-state index in [1.165, 1.54) is 32.1 Å². The molecule has 3 nitrogen and oxygen atoms in total. The average molecular weight is 288 g/mol. The normalized spacial score (nSPS) is 22.0. The molecule has 1 aliphatic carbocycles. The van der Waals surface area contributed by atoms with Crippen molar-refractivity contribution in [2.24, 2.45) is 11.8 Å². The summed E-state index contributed by atoms with van der Waals surface area (Å²) in [4.78, 5) is 11.8. The highest BCUT2D eigenvalue weighted by atomic mass is 16.1. The highest BCUT2D eigenvalue weighted by Gasteiger charge is 2.17. The van der Waals surface area contributed by atoms with Gasteiger partial charge in [0.15, 0.2) is 0 Å². The van der Waals surface area contributed by atoms with Gasteiger partial charge in [-0.25, -0.2) is 0 Å². The maximum Gasteiger partial charge on any atom is 0.238 e. The van der Waals surface area contributed by atoms with Crippen LogP contribution in [-0.2, 0) is 4.79 Å². The summed E-state index contributed by atoms with van der Waals surface area (Å²) in [6, 6.07) is 7.90. The largest absolute Gasteiger partial charge is 0.325 e. The molecule has 0 heterocycles. The van der Waals surface area contributed by atoms with Crippen LogP contribution in [0.4, 0.5) is 5.69 Å². The second kappa shape index (κ2) is 8.18. The van der Waals surface area contributed by atoms with Crippen LogP contribution in [0.5, 0.6) is 0 Å². The third kappa shape index (κ3) is 5.88. The lowest BCUT2D eigenvalue weighted by atomic mass is 9.81. The number of nitrogens with one attached hydrogen (secondary N) is 2. The van der Waals surface area contributed by atoms with E-state index in [0.29, 0.717) is 6.54 Å². The van der Waals surface area contributed by atoms with E-state index >= 15 is 0 Å². The second-order valence-electron chi connectivity index (χ2n) is 6.51. The maximum atomic E-state index is 11.8. The minimum atomic E-state index is 0.0397. The SMILES string of the molecule is Cc1cccc(NC(=O)CNCCC2CCC(C)CC2)c1. The zero-order valence-electron chi connectivity index (χ0n) is 13.3. The summed E-state index contributed by atoms with van der Waals surface area (Å²) >= 11 is 0. The Morgan fingerprint density at radius 2 is 2.00 bits per heavy atom. The van der Waals surface area contributed by atoms with Gasteiger partial charge in [0.1, 0.15) is 0 Å². The van der Waals surface area contributed by atoms with Crippen molar-refractivity contribution in [2.45, 2.75) is 46.0 Å². The Morgan fingerprint density at radius 1 is 1.24 bits per heavy atom. The van der Waals surface area contributed by atoms with Crippen molar-refractivity contribution in [3.63, 3.8) is 0 Å². The van der Waals surface area contributed by atoms with E-state index in [-0.39, 0.29) is 5.91 Å². The number of carbonyl (C=O) groups excluding carboxylic acids is 1. The number of amides is 1. The number of anilines is 1. The van der Waals surface area contributed by atoms with Crippen LogP contribution in [0.25, 0.3) is 0 Å². The van der Waals surface area contributed by atoms with Crippen LogP contribution in [0.3, 0.4) is 0 Å². The molecule has 1 amide bonds. The van der Waals surface area contributed by atoms with Gasteiger partial charge in [-0.05, 0) is 49.4 Å². The summed E-state index contributed by atoms with van der Waals surface area (Å²) in [7, 11) is 0. The Morgan fingerprint density at radius 3 is 2.71 bits per heavy atom. The molecule has 21 heavy (non-hydrogen) atoms. The standard InChI is InChI=1S/C18H28N2O/c1-14-6-8-16(9-7-14)10-11-19-13-18(21)20-17-5-3-4-15(2)12-17/h3-5,12,14,16,19H,6-11,13H2,1-2H3,(H,20,21). The fourth-order valence-corrected chi connectivity index (χ4v) is 3.05. The van der Waals surface area contributed by atoms with Gasteiger partial charge < -0.3 is 10.6 Å². The molecular weight excluding hydrogens is 260 g/mol. The fraction of sp³-hybridized carbons (Fsp3) is 0.611. The van der Waals surface area contributed by atoms with Gasteiger partial charge in [0, 0.05) is 5.69 Å². The summed E-state index contributed by atoms with van der Waals surface area (Å²) < 4.78 is 0. The molecule has 1 aromatic rings. The van der Waals surface area contributed by atoms with Crippen molar-refractivity contribution in [3.05, 3.63) is 29.8 Å². The molecule has 1 aromatic carbocycles. The van der Waals surface area contributed by atoms with Gasteiger partial charge in [0.25, 0.3) is 0 Å². The summed E-state index contributed by atoms with van der Waals surface area (Å²) in [6.07, 6.45) is 6.66. The molecule has 0 bridgehead atoms. The average Bonchev–Trinajstić information content (AvgIpc) is 2.45. The van der Waals surface area contributed by atoms with Crippen LogP contribution in [-0.4, -0.2) is 19.0 Å². The zero-order valence-corrected chi connectivity index (χ0v) is 13.3. The van der Waals surface area contributed by atoms with Crippen molar-refractivity contribution < 1.29 is 4.79 Å². The van der Waals surface area contributed by atoms with E-state index in [9.17, 15) is 4.79 Å². The molecule has 1 fully saturated rings. The molecule has 0 aromatic heterocycles. The number of benzene rings is 1. The van der Waals surface area contributed by atoms with Crippen LogP contribution in [0.2, 0.25) is 0 Å². The smallest absolute Gasteiger partial charge is 0.238 e. The fourth-order valence-electron chi connectivity index (χ4n) is 3.05. The molecule has 3 heteroatoms. The topological polar surface area (TPSA) is 41.1 Å². The predicted molar refractivity (Wildman–Crippen MR) is 88.4 cm³/mol. The first kappa shape index (κ1) is 16.0. The van der Waals surface area contributed by atoms with Gasteiger partial charge in [0.2, 0.25) is 5.91 Å². The van der Waals surface area contributed by atoms with Crippen LogP contribution in [0.1, 0.15) is 44.6 Å². The Kier molecular flexibility index (Phi) is 6.24. The van der Waals surface area contributed by atoms with Crippen molar-refractivity contribution in [1.29, 1.82) is 0 Å². The van der Waals surface area contributed by atoms with Gasteiger partial charge in [-0.2, -0.15) is 0 Å². The van der Waals surface area contributed by atoms with Crippen molar-refractivity contribution in [1.82, 2.24) is 5.32 Å². The lowest BCUT2D eigenvalue weighted by molar-refractivity contribution is -0.115. The molecule has 0 unspecified atom stereocenters. The first-order valence-corrected chi connectivity index (χ1v) is 8.20. The summed E-state index contributed by atoms with van der Waals surface area (Å²) in [5.41, 5.74) is 2.04. The van der Waals surface area contributed by atoms with Gasteiger partial charge in [-0.15, -0.1) is 0 Å². The molecule has 1 saturated carbocycles. The van der Waals surface area contributed by atoms with E-state index in [1.807, 2.05) is 31.2 Å². The molecule has 0 saturated heterocycles. The Balaban J connectivity index is 1.59. The lowest BCUT2D eigenvalue weighted by Crippen LogP contribution is -2.30. The molecule has 2 rings (SSSR count). The molecule has 0 aliphatic heterocycles. The van der Waals surface area contributed by atoms with Crippen molar-refractivity contribution in [2.75, 3.05) is 18.4 Å². The molecule has 0 radical (unpaired) electrons. The Labute approximate surface area is 128 Å². The Hall–Kier alpha value is -1.35. The second-order valence-corrected chi connectivity index (χ2v) is 6.51. The minimum Gasteiger partial charge on any atom is -0.325 e. The van der Waals surface area contributed by atoms with Crippen molar-refractivity contribution >= 4 is 11.6 Å².